The third kappa shape index (κ3) is 25.5. The Labute approximate surface area is 458 Å². The maximum Gasteiger partial charge on any atom is 0.328 e. The Hall–Kier alpha value is -8.17. The summed E-state index contributed by atoms with van der Waals surface area (Å²) in [7, 11) is 0. The van der Waals surface area contributed by atoms with Gasteiger partial charge in [-0.25, -0.2) is 9.78 Å². The lowest BCUT2D eigenvalue weighted by atomic mass is 10.0. The van der Waals surface area contributed by atoms with Crippen molar-refractivity contribution in [1.82, 2.24) is 66.8 Å². The quantitative estimate of drug-likeness (QED) is 0.0303. The number of hydrogen-bond donors (Lipinski definition) is 15. The highest BCUT2D eigenvalue weighted by atomic mass is 16.4. The number of hydrogen-bond acceptors (Lipinski definition) is 19. The number of aromatic nitrogens is 2. The molecule has 15 N–H and O–H groups in total. The molecule has 0 bridgehead atoms. The molecule has 1 aromatic carbocycles. The number of carbonyl (C=O) groups is 12. The largest absolute Gasteiger partial charge is 0.481 e. The van der Waals surface area contributed by atoms with Crippen molar-refractivity contribution in [3.8, 4) is 0 Å². The Bertz CT molecular complexity index is 2390. The molecule has 0 saturated carbocycles. The molecule has 1 saturated heterocycles. The molecule has 3 rings (SSSR count). The molecule has 2 aromatic rings. The summed E-state index contributed by atoms with van der Waals surface area (Å²) in [6.45, 7) is -0.745. The Kier molecular flexibility index (Phi) is 28.6. The van der Waals surface area contributed by atoms with Gasteiger partial charge >= 0.3 is 29.8 Å². The van der Waals surface area contributed by atoms with E-state index in [-0.39, 0.29) is 116 Å². The summed E-state index contributed by atoms with van der Waals surface area (Å²) in [5, 5.41) is 83.4. The van der Waals surface area contributed by atoms with Gasteiger partial charge in [0.2, 0.25) is 41.4 Å². The maximum absolute atomic E-state index is 13.8. The fourth-order valence-corrected chi connectivity index (χ4v) is 7.92. The van der Waals surface area contributed by atoms with Crippen LogP contribution in [0.1, 0.15) is 37.4 Å². The number of aliphatic carboxylic acids is 5. The number of aromatic amines is 1. The van der Waals surface area contributed by atoms with Crippen LogP contribution in [-0.2, 0) is 70.4 Å². The van der Waals surface area contributed by atoms with Crippen LogP contribution in [0.25, 0.3) is 0 Å². The van der Waals surface area contributed by atoms with Crippen molar-refractivity contribution in [3.63, 3.8) is 0 Å². The van der Waals surface area contributed by atoms with Crippen molar-refractivity contribution in [1.29, 1.82) is 0 Å². The molecule has 0 spiro atoms. The second-order valence-electron chi connectivity index (χ2n) is 18.6. The second kappa shape index (κ2) is 34.7. The van der Waals surface area contributed by atoms with Gasteiger partial charge in [0.25, 0.3) is 0 Å². The highest BCUT2D eigenvalue weighted by Gasteiger charge is 2.34. The SMILES string of the molecule is C[C@H](NC(=O)[C@H](CC(=O)O)NC(=O)CCCNC(=O)CN1CCN(CC(=O)O)CCN(CC(=O)O)CCN(CC(=O)O)CC1)C(=O)N[C@@H](Cc1c[nH]cn1)C(=O)N[C@@H](CO)C(=O)N[C@@H](Cc1ccccc1)C(=O)N[C@@H](CO)C(=O)O. The third-order valence-electron chi connectivity index (χ3n) is 12.2. The summed E-state index contributed by atoms with van der Waals surface area (Å²) in [6.07, 6.45) is 0.888. The minimum atomic E-state index is -1.77. The Morgan fingerprint density at radius 1 is 0.525 bits per heavy atom. The normalized spacial score (nSPS) is 16.2. The molecule has 442 valence electrons. The van der Waals surface area contributed by atoms with Gasteiger partial charge in [-0.2, -0.15) is 0 Å². The van der Waals surface area contributed by atoms with Gasteiger partial charge in [-0.15, -0.1) is 0 Å². The summed E-state index contributed by atoms with van der Waals surface area (Å²) in [6, 6.07) is -1.59. The van der Waals surface area contributed by atoms with Crippen LogP contribution in [-0.4, -0.2) is 271 Å². The monoisotopic (exact) mass is 1130 g/mol. The van der Waals surface area contributed by atoms with Crippen LogP contribution in [0.3, 0.4) is 0 Å². The van der Waals surface area contributed by atoms with Crippen LogP contribution in [0.2, 0.25) is 0 Å². The zero-order valence-electron chi connectivity index (χ0n) is 43.9. The van der Waals surface area contributed by atoms with Crippen LogP contribution >= 0.6 is 0 Å². The molecule has 6 atom stereocenters. The molecule has 32 nitrogen and oxygen atoms in total. The molecular formula is C48H71N13O19. The number of imidazole rings is 1. The van der Waals surface area contributed by atoms with Crippen LogP contribution in [0.15, 0.2) is 42.9 Å². The van der Waals surface area contributed by atoms with Gasteiger partial charge < -0.3 is 77.9 Å². The molecule has 32 heteroatoms. The van der Waals surface area contributed by atoms with Gasteiger partial charge in [0.1, 0.15) is 36.3 Å². The topological polar surface area (TPSA) is 472 Å². The lowest BCUT2D eigenvalue weighted by Gasteiger charge is -2.32. The Balaban J connectivity index is 1.61. The van der Waals surface area contributed by atoms with Crippen LogP contribution in [0, 0.1) is 0 Å². The second-order valence-corrected chi connectivity index (χ2v) is 18.6. The van der Waals surface area contributed by atoms with Gasteiger partial charge in [0.15, 0.2) is 0 Å². The lowest BCUT2D eigenvalue weighted by Crippen LogP contribution is -2.60. The summed E-state index contributed by atoms with van der Waals surface area (Å²) in [5.41, 5.74) is 0.745. The highest BCUT2D eigenvalue weighted by Crippen LogP contribution is 2.08. The van der Waals surface area contributed by atoms with E-state index >= 15 is 0 Å². The zero-order valence-corrected chi connectivity index (χ0v) is 43.9. The molecule has 0 radical (unpaired) electrons. The average Bonchev–Trinajstić information content (AvgIpc) is 3.91. The summed E-state index contributed by atoms with van der Waals surface area (Å²) in [5.74, 6) is -13.0. The molecule has 1 fully saturated rings. The number of nitrogens with zero attached hydrogens (tertiary/aromatic N) is 5. The van der Waals surface area contributed by atoms with E-state index in [1.54, 1.807) is 49.9 Å². The highest BCUT2D eigenvalue weighted by molar-refractivity contribution is 5.97. The van der Waals surface area contributed by atoms with E-state index in [1.807, 2.05) is 0 Å². The zero-order chi connectivity index (χ0) is 59.3. The Morgan fingerprint density at radius 3 is 1.44 bits per heavy atom. The number of amides is 7. The van der Waals surface area contributed by atoms with E-state index in [9.17, 15) is 93.3 Å². The van der Waals surface area contributed by atoms with Crippen LogP contribution in [0.4, 0.5) is 0 Å². The van der Waals surface area contributed by atoms with E-state index in [4.69, 9.17) is 0 Å². The molecule has 2 heterocycles. The molecule has 0 unspecified atom stereocenters. The van der Waals surface area contributed by atoms with Crippen molar-refractivity contribution in [2.75, 3.05) is 98.3 Å². The fourth-order valence-electron chi connectivity index (χ4n) is 7.92. The van der Waals surface area contributed by atoms with Gasteiger partial charge in [-0.1, -0.05) is 30.3 Å². The fraction of sp³-hybridized carbons (Fsp3) is 0.562. The molecule has 1 aromatic heterocycles. The molecule has 1 aliphatic rings. The number of benzene rings is 1. The number of H-pyrrole nitrogens is 1. The number of nitrogens with one attached hydrogen (secondary N) is 8. The summed E-state index contributed by atoms with van der Waals surface area (Å²) < 4.78 is 0. The smallest absolute Gasteiger partial charge is 0.328 e. The van der Waals surface area contributed by atoms with Crippen molar-refractivity contribution in [2.45, 2.75) is 75.3 Å². The van der Waals surface area contributed by atoms with Gasteiger partial charge in [-0.3, -0.25) is 72.3 Å². The van der Waals surface area contributed by atoms with Crippen molar-refractivity contribution in [2.24, 2.45) is 0 Å². The van der Waals surface area contributed by atoms with Crippen LogP contribution in [0.5, 0.6) is 0 Å². The van der Waals surface area contributed by atoms with Gasteiger partial charge in [-0.05, 0) is 18.9 Å². The Morgan fingerprint density at radius 2 is 0.975 bits per heavy atom. The number of carboxylic acids is 5. The molecule has 0 aliphatic carbocycles. The maximum atomic E-state index is 13.8. The van der Waals surface area contributed by atoms with E-state index in [0.717, 1.165) is 0 Å². The van der Waals surface area contributed by atoms with Crippen molar-refractivity contribution in [3.05, 3.63) is 54.1 Å². The third-order valence-corrected chi connectivity index (χ3v) is 12.2. The van der Waals surface area contributed by atoms with Gasteiger partial charge in [0, 0.05) is 84.4 Å². The number of aliphatic hydroxyl groups excluding tert-OH is 2. The minimum Gasteiger partial charge on any atom is -0.481 e. The summed E-state index contributed by atoms with van der Waals surface area (Å²) in [4.78, 5) is 165. The molecule has 7 amide bonds. The lowest BCUT2D eigenvalue weighted by molar-refractivity contribution is -0.143. The van der Waals surface area contributed by atoms with Crippen LogP contribution < -0.4 is 37.2 Å². The first-order valence-electron chi connectivity index (χ1n) is 25.3. The van der Waals surface area contributed by atoms with Crippen molar-refractivity contribution >= 4 is 71.2 Å². The van der Waals surface area contributed by atoms with Crippen molar-refractivity contribution < 1.29 is 93.3 Å². The first kappa shape index (κ1) is 66.1. The molecular weight excluding hydrogens is 1060 g/mol. The van der Waals surface area contributed by atoms with E-state index in [2.05, 4.69) is 47.2 Å². The van der Waals surface area contributed by atoms with E-state index in [1.165, 1.54) is 19.4 Å². The predicted molar refractivity (Wildman–Crippen MR) is 275 cm³/mol. The molecule has 1 aliphatic heterocycles. The first-order chi connectivity index (χ1) is 38.0. The minimum absolute atomic E-state index is 0.00308. The number of carboxylic acid groups (broad SMARTS) is 5. The standard InChI is InChI=1S/C48H71N13O19/c1-29(43(74)54-33(19-31-21-49-28-51-31)46(77)56-35(26-62)47(78)55-32(18-30-6-3-2-4-7-30)45(76)57-36(27-63)48(79)80)52-44(75)34(20-39(66)67)53-37(64)8-5-9-50-38(65)22-58-10-12-59(23-40(68)69)14-16-61(25-42(72)73)17-15-60(13-11-58)24-41(70)71/h2-4,6-7,21,28-29,32-36,62-63H,5,8-20,22-27H2,1H3,(H,49,51)(H,50,65)(H,52,75)(H,53,64)(H,54,74)(H,55,78)(H,56,77)(H,57,76)(H,66,67)(H,68,69)(H,70,71)(H,72,73)(H,79,80)/t29-,32-,33-,34-,35-,36-/m0/s1. The number of rotatable bonds is 32. The van der Waals surface area contributed by atoms with E-state index in [0.29, 0.717) is 5.56 Å². The number of carbonyl (C=O) groups excluding carboxylic acids is 7. The summed E-state index contributed by atoms with van der Waals surface area (Å²) >= 11 is 0. The van der Waals surface area contributed by atoms with Gasteiger partial charge in [0.05, 0.1) is 57.8 Å². The first-order valence-corrected chi connectivity index (χ1v) is 25.3. The average molecular weight is 1130 g/mol. The predicted octanol–water partition coefficient (Wildman–Crippen LogP) is -6.96. The number of aliphatic hydroxyl groups is 2. The van der Waals surface area contributed by atoms with E-state index < -0.39 is 127 Å². The molecule has 80 heavy (non-hydrogen) atoms.